The molecule has 0 aliphatic heterocycles. The normalized spacial score (nSPS) is 11.2. The van der Waals surface area contributed by atoms with E-state index >= 15 is 0 Å². The van der Waals surface area contributed by atoms with Crippen LogP contribution in [0.15, 0.2) is 11.4 Å². The van der Waals surface area contributed by atoms with E-state index in [0.717, 1.165) is 26.7 Å². The van der Waals surface area contributed by atoms with Gasteiger partial charge in [0.05, 0.1) is 22.6 Å². The fraction of sp³-hybridized carbons (Fsp3) is 0.308. The van der Waals surface area contributed by atoms with Crippen LogP contribution < -0.4 is 10.6 Å². The van der Waals surface area contributed by atoms with Crippen molar-refractivity contribution in [3.05, 3.63) is 27.0 Å². The Kier molecular flexibility index (Phi) is 3.31. The van der Waals surface area contributed by atoms with Crippen molar-refractivity contribution in [2.45, 2.75) is 20.4 Å². The molecule has 5 nitrogen and oxygen atoms in total. The average molecular weight is 305 g/mol. The summed E-state index contributed by atoms with van der Waals surface area (Å²) in [5.41, 5.74) is 6.86. The van der Waals surface area contributed by atoms with Gasteiger partial charge in [-0.05, 0) is 19.9 Å². The van der Waals surface area contributed by atoms with Crippen molar-refractivity contribution in [3.63, 3.8) is 0 Å². The van der Waals surface area contributed by atoms with Crippen LogP contribution in [0.1, 0.15) is 15.6 Å². The summed E-state index contributed by atoms with van der Waals surface area (Å²) in [7, 11) is 2.00. The Hall–Kier alpha value is -1.73. The van der Waals surface area contributed by atoms with Crippen LogP contribution in [0.25, 0.3) is 10.2 Å². The monoisotopic (exact) mass is 305 g/mol. The Labute approximate surface area is 125 Å². The first kappa shape index (κ1) is 13.3. The number of fused-ring (bicyclic) bond motifs is 1. The summed E-state index contributed by atoms with van der Waals surface area (Å²) in [5, 5.41) is 4.20. The Morgan fingerprint density at radius 3 is 2.75 bits per heavy atom. The molecule has 0 unspecified atom stereocenters. The zero-order valence-corrected chi connectivity index (χ0v) is 13.2. The van der Waals surface area contributed by atoms with Crippen LogP contribution in [0.4, 0.5) is 11.8 Å². The summed E-state index contributed by atoms with van der Waals surface area (Å²) in [6.45, 7) is 4.79. The van der Waals surface area contributed by atoms with Crippen LogP contribution in [-0.4, -0.2) is 22.0 Å². The zero-order valence-electron chi connectivity index (χ0n) is 11.5. The van der Waals surface area contributed by atoms with Gasteiger partial charge < -0.3 is 10.6 Å². The molecule has 20 heavy (non-hydrogen) atoms. The molecule has 0 spiro atoms. The summed E-state index contributed by atoms with van der Waals surface area (Å²) in [5.74, 6) is 1.18. The first-order valence-electron chi connectivity index (χ1n) is 6.19. The number of hydrogen-bond acceptors (Lipinski definition) is 7. The van der Waals surface area contributed by atoms with Crippen molar-refractivity contribution in [3.8, 4) is 0 Å². The minimum absolute atomic E-state index is 0.315. The molecule has 3 aromatic rings. The largest absolute Gasteiger partial charge is 0.368 e. The van der Waals surface area contributed by atoms with Gasteiger partial charge >= 0.3 is 0 Å². The van der Waals surface area contributed by atoms with Crippen molar-refractivity contribution in [2.24, 2.45) is 0 Å². The molecule has 0 aliphatic carbocycles. The Bertz CT molecular complexity index is 761. The van der Waals surface area contributed by atoms with Crippen molar-refractivity contribution in [1.82, 2.24) is 15.0 Å². The maximum atomic E-state index is 5.81. The van der Waals surface area contributed by atoms with E-state index in [4.69, 9.17) is 5.73 Å². The highest BCUT2D eigenvalue weighted by atomic mass is 32.1. The van der Waals surface area contributed by atoms with Gasteiger partial charge in [0.25, 0.3) is 0 Å². The highest BCUT2D eigenvalue weighted by Gasteiger charge is 2.14. The van der Waals surface area contributed by atoms with Gasteiger partial charge in [-0.3, -0.25) is 0 Å². The molecule has 0 saturated heterocycles. The van der Waals surface area contributed by atoms with Gasteiger partial charge in [0.1, 0.15) is 10.6 Å². The third kappa shape index (κ3) is 2.46. The lowest BCUT2D eigenvalue weighted by Gasteiger charge is -2.17. The molecule has 0 saturated carbocycles. The topological polar surface area (TPSA) is 67.9 Å². The predicted molar refractivity (Wildman–Crippen MR) is 85.5 cm³/mol. The van der Waals surface area contributed by atoms with Crippen LogP contribution in [0.2, 0.25) is 0 Å². The fourth-order valence-electron chi connectivity index (χ4n) is 2.13. The Morgan fingerprint density at radius 1 is 1.25 bits per heavy atom. The van der Waals surface area contributed by atoms with Gasteiger partial charge in [-0.25, -0.2) is 9.97 Å². The van der Waals surface area contributed by atoms with Crippen molar-refractivity contribution < 1.29 is 0 Å². The lowest BCUT2D eigenvalue weighted by Crippen LogP contribution is -2.19. The van der Waals surface area contributed by atoms with Gasteiger partial charge in [-0.1, -0.05) is 0 Å². The maximum Gasteiger partial charge on any atom is 0.223 e. The molecule has 0 radical (unpaired) electrons. The minimum atomic E-state index is 0.315. The fourth-order valence-corrected chi connectivity index (χ4v) is 3.62. The van der Waals surface area contributed by atoms with Crippen molar-refractivity contribution in [2.75, 3.05) is 17.7 Å². The van der Waals surface area contributed by atoms with Crippen LogP contribution in [-0.2, 0) is 6.54 Å². The Balaban J connectivity index is 1.99. The molecule has 7 heteroatoms. The van der Waals surface area contributed by atoms with E-state index in [9.17, 15) is 0 Å². The summed E-state index contributed by atoms with van der Waals surface area (Å²) in [6.07, 6.45) is 0. The third-order valence-corrected chi connectivity index (χ3v) is 4.71. The quantitative estimate of drug-likeness (QED) is 0.805. The first-order chi connectivity index (χ1) is 9.52. The molecule has 3 rings (SSSR count). The van der Waals surface area contributed by atoms with E-state index in [-0.39, 0.29) is 0 Å². The molecule has 0 atom stereocenters. The van der Waals surface area contributed by atoms with Crippen LogP contribution in [0, 0.1) is 13.8 Å². The van der Waals surface area contributed by atoms with E-state index in [0.29, 0.717) is 12.5 Å². The lowest BCUT2D eigenvalue weighted by molar-refractivity contribution is 0.874. The number of nitrogens with two attached hydrogens (primary N) is 1. The highest BCUT2D eigenvalue weighted by Crippen LogP contribution is 2.31. The number of thiazole rings is 1. The van der Waals surface area contributed by atoms with E-state index in [1.165, 1.54) is 4.88 Å². The number of nitrogen functional groups attached to an aromatic ring is 1. The van der Waals surface area contributed by atoms with E-state index in [1.807, 2.05) is 14.0 Å². The number of aryl methyl sites for hydroxylation is 2. The molecule has 104 valence electrons. The van der Waals surface area contributed by atoms with E-state index in [1.54, 1.807) is 22.7 Å². The van der Waals surface area contributed by atoms with E-state index < -0.39 is 0 Å². The van der Waals surface area contributed by atoms with Crippen molar-refractivity contribution in [1.29, 1.82) is 0 Å². The molecular formula is C13H15N5S2. The van der Waals surface area contributed by atoms with Gasteiger partial charge in [0.15, 0.2) is 0 Å². The zero-order chi connectivity index (χ0) is 14.3. The number of nitrogens with zero attached hydrogens (tertiary/aromatic N) is 4. The van der Waals surface area contributed by atoms with E-state index in [2.05, 4.69) is 38.2 Å². The molecule has 2 N–H and O–H groups in total. The van der Waals surface area contributed by atoms with Gasteiger partial charge in [0.2, 0.25) is 5.95 Å². The summed E-state index contributed by atoms with van der Waals surface area (Å²) in [6, 6.07) is 2.11. The van der Waals surface area contributed by atoms with Gasteiger partial charge in [-0.15, -0.1) is 22.7 Å². The smallest absolute Gasteiger partial charge is 0.223 e. The molecular weight excluding hydrogens is 290 g/mol. The summed E-state index contributed by atoms with van der Waals surface area (Å²) >= 11 is 3.30. The predicted octanol–water partition coefficient (Wildman–Crippen LogP) is 2.98. The Morgan fingerprint density at radius 2 is 2.05 bits per heavy atom. The molecule has 0 aromatic carbocycles. The highest BCUT2D eigenvalue weighted by molar-refractivity contribution is 7.18. The molecule has 0 amide bonds. The molecule has 3 heterocycles. The van der Waals surface area contributed by atoms with Crippen LogP contribution in [0.3, 0.4) is 0 Å². The number of rotatable bonds is 3. The van der Waals surface area contributed by atoms with Crippen LogP contribution in [0.5, 0.6) is 0 Å². The number of aromatic nitrogens is 3. The average Bonchev–Trinajstić information content (AvgIpc) is 2.93. The first-order valence-corrected chi connectivity index (χ1v) is 7.88. The third-order valence-electron chi connectivity index (χ3n) is 2.94. The second-order valence-electron chi connectivity index (χ2n) is 4.70. The lowest BCUT2D eigenvalue weighted by atomic mass is 10.3. The second-order valence-corrected chi connectivity index (χ2v) is 6.99. The molecule has 3 aromatic heterocycles. The molecule has 0 aliphatic rings. The summed E-state index contributed by atoms with van der Waals surface area (Å²) in [4.78, 5) is 17.4. The minimum Gasteiger partial charge on any atom is -0.368 e. The molecule has 0 bridgehead atoms. The standard InChI is InChI=1S/C13H15N5S2/c1-7-4-10-11(16-13(14)17-12(10)20-7)18(3)5-9-6-19-8(2)15-9/h4,6H,5H2,1-3H3,(H2,14,16,17). The van der Waals surface area contributed by atoms with Gasteiger partial charge in [-0.2, -0.15) is 4.98 Å². The number of hydrogen-bond donors (Lipinski definition) is 1. The SMILES string of the molecule is Cc1cc2c(N(C)Cc3csc(C)n3)nc(N)nc2s1. The summed E-state index contributed by atoms with van der Waals surface area (Å²) < 4.78 is 0. The van der Waals surface area contributed by atoms with Gasteiger partial charge in [0, 0.05) is 17.3 Å². The van der Waals surface area contributed by atoms with Crippen LogP contribution >= 0.6 is 22.7 Å². The van der Waals surface area contributed by atoms with Crippen molar-refractivity contribution >= 4 is 44.7 Å². The maximum absolute atomic E-state index is 5.81. The second kappa shape index (κ2) is 4.99. The number of thiophene rings is 1. The number of anilines is 2. The molecule has 0 fully saturated rings.